The minimum absolute atomic E-state index is 0.0735. The van der Waals surface area contributed by atoms with Gasteiger partial charge in [-0.05, 0) is 77.0 Å². The fraction of sp³-hybridized carbons (Fsp3) is 0.765. The zero-order chi connectivity index (χ0) is 40.7. The Balaban J connectivity index is 3.49. The van der Waals surface area contributed by atoms with Gasteiger partial charge in [0, 0.05) is 12.8 Å². The van der Waals surface area contributed by atoms with Crippen LogP contribution in [0.25, 0.3) is 0 Å². The molecule has 0 saturated carbocycles. The summed E-state index contributed by atoms with van der Waals surface area (Å²) in [7, 11) is 0. The first-order chi connectivity index (χ1) is 27.6. The number of hydrogen-bond acceptors (Lipinski definition) is 5. The SMILES string of the molecule is CC/C=C\C/C=C\C/C=C\CCCCCCCC(=O)OC(CO)COC(=O)CCCCCCCCCCCCCCCCC/C=C\C/C=C\CCCCCCC. The summed E-state index contributed by atoms with van der Waals surface area (Å²) in [6.07, 6.45) is 61.7. The van der Waals surface area contributed by atoms with E-state index in [-0.39, 0.29) is 25.2 Å². The minimum Gasteiger partial charge on any atom is -0.462 e. The van der Waals surface area contributed by atoms with Gasteiger partial charge in [0.15, 0.2) is 6.10 Å². The summed E-state index contributed by atoms with van der Waals surface area (Å²) in [5.41, 5.74) is 0. The Morgan fingerprint density at radius 3 is 1.16 bits per heavy atom. The Morgan fingerprint density at radius 1 is 0.429 bits per heavy atom. The number of ether oxygens (including phenoxy) is 2. The molecule has 1 unspecified atom stereocenters. The lowest BCUT2D eigenvalue weighted by Crippen LogP contribution is -2.28. The molecule has 0 fully saturated rings. The first-order valence-corrected chi connectivity index (χ1v) is 23.8. The third-order valence-electron chi connectivity index (χ3n) is 10.3. The van der Waals surface area contributed by atoms with Gasteiger partial charge in [0.2, 0.25) is 0 Å². The van der Waals surface area contributed by atoms with Gasteiger partial charge in [-0.2, -0.15) is 0 Å². The van der Waals surface area contributed by atoms with E-state index >= 15 is 0 Å². The molecule has 0 aromatic carbocycles. The number of rotatable bonds is 43. The van der Waals surface area contributed by atoms with Gasteiger partial charge in [-0.15, -0.1) is 0 Å². The van der Waals surface area contributed by atoms with Crippen molar-refractivity contribution in [3.63, 3.8) is 0 Å². The molecule has 0 aromatic rings. The van der Waals surface area contributed by atoms with Crippen molar-refractivity contribution < 1.29 is 24.2 Å². The lowest BCUT2D eigenvalue weighted by atomic mass is 10.0. The molecule has 1 atom stereocenters. The standard InChI is InChI=1S/C51H90O5/c1-3-5-7-9-11-13-15-17-19-20-21-22-23-24-25-26-27-28-29-30-32-33-35-37-39-41-43-45-50(53)55-48-49(47-52)56-51(54)46-44-42-40-38-36-34-31-18-16-14-12-10-8-6-4-2/h6,8,12,14-15,17-18,20-21,31,49,52H,3-5,7,9-11,13,16,19,22-30,32-48H2,1-2H3/b8-6-,14-12-,17-15-,21-20-,31-18-. The van der Waals surface area contributed by atoms with Crippen molar-refractivity contribution in [1.82, 2.24) is 0 Å². The summed E-state index contributed by atoms with van der Waals surface area (Å²) in [6, 6.07) is 0. The maximum absolute atomic E-state index is 12.2. The van der Waals surface area contributed by atoms with Crippen LogP contribution in [0.15, 0.2) is 60.8 Å². The Morgan fingerprint density at radius 2 is 0.768 bits per heavy atom. The topological polar surface area (TPSA) is 72.8 Å². The molecular formula is C51H90O5. The van der Waals surface area contributed by atoms with Crippen LogP contribution in [-0.2, 0) is 19.1 Å². The van der Waals surface area contributed by atoms with E-state index in [1.54, 1.807) is 0 Å². The molecule has 0 spiro atoms. The molecule has 0 bridgehead atoms. The van der Waals surface area contributed by atoms with Crippen LogP contribution in [0, 0.1) is 0 Å². The van der Waals surface area contributed by atoms with E-state index in [2.05, 4.69) is 74.6 Å². The van der Waals surface area contributed by atoms with Crippen LogP contribution >= 0.6 is 0 Å². The number of allylic oxidation sites excluding steroid dienone is 10. The first-order valence-electron chi connectivity index (χ1n) is 23.8. The second-order valence-corrected chi connectivity index (χ2v) is 15.8. The average molecular weight is 783 g/mol. The lowest BCUT2D eigenvalue weighted by Gasteiger charge is -2.15. The fourth-order valence-corrected chi connectivity index (χ4v) is 6.72. The van der Waals surface area contributed by atoms with Gasteiger partial charge in [0.1, 0.15) is 6.61 Å². The van der Waals surface area contributed by atoms with Gasteiger partial charge in [0.05, 0.1) is 6.61 Å². The van der Waals surface area contributed by atoms with Crippen molar-refractivity contribution in [3.8, 4) is 0 Å². The molecule has 0 aliphatic heterocycles. The van der Waals surface area contributed by atoms with Gasteiger partial charge >= 0.3 is 11.9 Å². The summed E-state index contributed by atoms with van der Waals surface area (Å²) in [5.74, 6) is -0.608. The van der Waals surface area contributed by atoms with E-state index in [0.717, 1.165) is 77.0 Å². The minimum atomic E-state index is -0.782. The Labute approximate surface area is 347 Å². The van der Waals surface area contributed by atoms with E-state index < -0.39 is 6.10 Å². The Bertz CT molecular complexity index is 977. The highest BCUT2D eigenvalue weighted by molar-refractivity contribution is 5.70. The smallest absolute Gasteiger partial charge is 0.306 e. The average Bonchev–Trinajstić information content (AvgIpc) is 3.20. The predicted octanol–water partition coefficient (Wildman–Crippen LogP) is 15.5. The highest BCUT2D eigenvalue weighted by atomic mass is 16.6. The van der Waals surface area contributed by atoms with E-state index in [4.69, 9.17) is 9.47 Å². The molecule has 0 amide bonds. The van der Waals surface area contributed by atoms with E-state index in [0.29, 0.717) is 12.8 Å². The predicted molar refractivity (Wildman–Crippen MR) is 242 cm³/mol. The molecule has 56 heavy (non-hydrogen) atoms. The molecule has 0 aromatic heterocycles. The molecule has 0 aliphatic carbocycles. The largest absolute Gasteiger partial charge is 0.462 e. The van der Waals surface area contributed by atoms with Crippen molar-refractivity contribution in [2.45, 2.75) is 238 Å². The zero-order valence-corrected chi connectivity index (χ0v) is 36.9. The third kappa shape index (κ3) is 44.3. The number of hydrogen-bond donors (Lipinski definition) is 1. The van der Waals surface area contributed by atoms with Crippen molar-refractivity contribution in [2.24, 2.45) is 0 Å². The molecule has 0 rings (SSSR count). The van der Waals surface area contributed by atoms with Gasteiger partial charge in [-0.25, -0.2) is 0 Å². The van der Waals surface area contributed by atoms with Crippen molar-refractivity contribution in [2.75, 3.05) is 13.2 Å². The molecule has 0 aliphatic rings. The van der Waals surface area contributed by atoms with Crippen LogP contribution in [0.3, 0.4) is 0 Å². The maximum atomic E-state index is 12.2. The first kappa shape index (κ1) is 53.6. The van der Waals surface area contributed by atoms with Gasteiger partial charge < -0.3 is 14.6 Å². The molecule has 0 saturated heterocycles. The highest BCUT2D eigenvalue weighted by Gasteiger charge is 2.16. The van der Waals surface area contributed by atoms with Crippen LogP contribution in [0.5, 0.6) is 0 Å². The summed E-state index contributed by atoms with van der Waals surface area (Å²) < 4.78 is 10.6. The lowest BCUT2D eigenvalue weighted by molar-refractivity contribution is -0.161. The summed E-state index contributed by atoms with van der Waals surface area (Å²) >= 11 is 0. The molecule has 1 N–H and O–H groups in total. The second-order valence-electron chi connectivity index (χ2n) is 15.8. The quantitative estimate of drug-likeness (QED) is 0.0379. The van der Waals surface area contributed by atoms with Crippen LogP contribution < -0.4 is 0 Å². The van der Waals surface area contributed by atoms with Crippen LogP contribution in [0.4, 0.5) is 0 Å². The maximum Gasteiger partial charge on any atom is 0.306 e. The number of carbonyl (C=O) groups is 2. The van der Waals surface area contributed by atoms with Crippen molar-refractivity contribution in [3.05, 3.63) is 60.8 Å². The van der Waals surface area contributed by atoms with Crippen LogP contribution in [0.1, 0.15) is 232 Å². The molecule has 324 valence electrons. The number of aliphatic hydroxyl groups excluding tert-OH is 1. The second kappa shape index (κ2) is 47.0. The van der Waals surface area contributed by atoms with Crippen molar-refractivity contribution in [1.29, 1.82) is 0 Å². The van der Waals surface area contributed by atoms with Gasteiger partial charge in [-0.3, -0.25) is 9.59 Å². The Kier molecular flexibility index (Phi) is 45.0. The Hall–Kier alpha value is -2.40. The molecular weight excluding hydrogens is 693 g/mol. The normalized spacial score (nSPS) is 12.7. The third-order valence-corrected chi connectivity index (χ3v) is 10.3. The fourth-order valence-electron chi connectivity index (χ4n) is 6.72. The number of unbranched alkanes of at least 4 members (excludes halogenated alkanes) is 25. The molecule has 5 nitrogen and oxygen atoms in total. The summed E-state index contributed by atoms with van der Waals surface area (Å²) in [4.78, 5) is 24.4. The zero-order valence-electron chi connectivity index (χ0n) is 36.9. The number of carbonyl (C=O) groups excluding carboxylic acids is 2. The van der Waals surface area contributed by atoms with Gasteiger partial charge in [0.25, 0.3) is 0 Å². The molecule has 0 heterocycles. The summed E-state index contributed by atoms with van der Waals surface area (Å²) in [5, 5.41) is 9.59. The number of aliphatic hydroxyl groups is 1. The van der Waals surface area contributed by atoms with E-state index in [1.165, 1.54) is 128 Å². The van der Waals surface area contributed by atoms with E-state index in [1.807, 2.05) is 0 Å². The summed E-state index contributed by atoms with van der Waals surface area (Å²) in [6.45, 7) is 4.01. The highest BCUT2D eigenvalue weighted by Crippen LogP contribution is 2.15. The molecule has 5 heteroatoms. The number of esters is 2. The van der Waals surface area contributed by atoms with Gasteiger partial charge in [-0.1, -0.05) is 203 Å². The van der Waals surface area contributed by atoms with Crippen molar-refractivity contribution >= 4 is 11.9 Å². The van der Waals surface area contributed by atoms with E-state index in [9.17, 15) is 14.7 Å². The monoisotopic (exact) mass is 783 g/mol. The van der Waals surface area contributed by atoms with Crippen LogP contribution in [-0.4, -0.2) is 36.4 Å². The molecule has 0 radical (unpaired) electrons. The van der Waals surface area contributed by atoms with Crippen LogP contribution in [0.2, 0.25) is 0 Å².